The number of hydrogen-bond acceptors (Lipinski definition) is 2. The minimum absolute atomic E-state index is 0.0331. The number of nitrogens with one attached hydrogen (secondary N) is 1. The lowest BCUT2D eigenvalue weighted by Gasteiger charge is -2.31. The number of carbonyl (C=O) groups is 2. The number of urea groups is 1. The summed E-state index contributed by atoms with van der Waals surface area (Å²) in [6.45, 7) is 9.25. The van der Waals surface area contributed by atoms with Crippen molar-refractivity contribution < 1.29 is 9.59 Å². The van der Waals surface area contributed by atoms with Crippen molar-refractivity contribution in [3.8, 4) is 0 Å². The van der Waals surface area contributed by atoms with Gasteiger partial charge < -0.3 is 19.7 Å². The molecule has 1 heterocycles. The second-order valence-electron chi connectivity index (χ2n) is 8.96. The maximum Gasteiger partial charge on any atom is 0.322 e. The van der Waals surface area contributed by atoms with Crippen LogP contribution in [0.5, 0.6) is 0 Å². The van der Waals surface area contributed by atoms with Gasteiger partial charge in [-0.3, -0.25) is 4.79 Å². The molecule has 0 radical (unpaired) electrons. The lowest BCUT2D eigenvalue weighted by atomic mass is 10.1. The zero-order valence-electron chi connectivity index (χ0n) is 19.7. The van der Waals surface area contributed by atoms with E-state index in [1.165, 1.54) is 0 Å². The van der Waals surface area contributed by atoms with Crippen molar-refractivity contribution in [2.75, 3.05) is 18.4 Å². The summed E-state index contributed by atoms with van der Waals surface area (Å²) in [4.78, 5) is 29.9. The van der Waals surface area contributed by atoms with Gasteiger partial charge in [0, 0.05) is 36.9 Å². The predicted molar refractivity (Wildman–Crippen MR) is 130 cm³/mol. The molecule has 0 fully saturated rings. The molecule has 170 valence electrons. The number of nitrogens with zero attached hydrogens (tertiary/aromatic N) is 3. The van der Waals surface area contributed by atoms with Gasteiger partial charge in [0.05, 0.1) is 12.2 Å². The number of carbonyl (C=O) groups excluding carboxylic acids is 2. The van der Waals surface area contributed by atoms with E-state index in [0.29, 0.717) is 19.0 Å². The highest BCUT2D eigenvalue weighted by atomic mass is 16.2. The summed E-state index contributed by atoms with van der Waals surface area (Å²) in [7, 11) is 1.98. The first-order valence-electron chi connectivity index (χ1n) is 11.2. The molecule has 0 spiro atoms. The van der Waals surface area contributed by atoms with E-state index in [9.17, 15) is 9.59 Å². The first kappa shape index (κ1) is 23.4. The highest BCUT2D eigenvalue weighted by Gasteiger charge is 2.25. The van der Waals surface area contributed by atoms with Crippen molar-refractivity contribution >= 4 is 28.4 Å². The Labute approximate surface area is 190 Å². The Morgan fingerprint density at radius 1 is 0.969 bits per heavy atom. The quantitative estimate of drug-likeness (QED) is 0.536. The minimum Gasteiger partial charge on any atom is -0.353 e. The molecule has 1 N–H and O–H groups in total. The summed E-state index contributed by atoms with van der Waals surface area (Å²) in [6, 6.07) is 17.4. The van der Waals surface area contributed by atoms with Gasteiger partial charge in [-0.15, -0.1) is 0 Å². The van der Waals surface area contributed by atoms with Crippen molar-refractivity contribution in [2.45, 2.75) is 40.3 Å². The van der Waals surface area contributed by atoms with Gasteiger partial charge in [0.25, 0.3) is 0 Å². The lowest BCUT2D eigenvalue weighted by molar-refractivity contribution is -0.133. The maximum atomic E-state index is 13.3. The van der Waals surface area contributed by atoms with Gasteiger partial charge in [-0.05, 0) is 43.4 Å². The maximum absolute atomic E-state index is 13.3. The SMILES string of the molecule is CC(C)CN(Cc1cccn1C)C(=O)CN(C(=O)Nc1cccc2ccccc12)C(C)C. The van der Waals surface area contributed by atoms with E-state index in [-0.39, 0.29) is 24.5 Å². The van der Waals surface area contributed by atoms with Crippen LogP contribution in [0, 0.1) is 5.92 Å². The average molecular weight is 435 g/mol. The average Bonchev–Trinajstić information content (AvgIpc) is 3.15. The molecule has 0 aliphatic carbocycles. The van der Waals surface area contributed by atoms with Gasteiger partial charge in [-0.1, -0.05) is 50.2 Å². The summed E-state index contributed by atoms with van der Waals surface area (Å²) in [5.74, 6) is 0.276. The minimum atomic E-state index is -0.270. The second-order valence-corrected chi connectivity index (χ2v) is 8.96. The molecule has 0 unspecified atom stereocenters. The summed E-state index contributed by atoms with van der Waals surface area (Å²) >= 11 is 0. The van der Waals surface area contributed by atoms with E-state index in [1.807, 2.05) is 91.2 Å². The highest BCUT2D eigenvalue weighted by molar-refractivity contribution is 6.02. The molecule has 6 heteroatoms. The summed E-state index contributed by atoms with van der Waals surface area (Å²) in [6.07, 6.45) is 1.98. The van der Waals surface area contributed by atoms with E-state index in [4.69, 9.17) is 0 Å². The Morgan fingerprint density at radius 3 is 2.34 bits per heavy atom. The zero-order chi connectivity index (χ0) is 23.3. The highest BCUT2D eigenvalue weighted by Crippen LogP contribution is 2.23. The van der Waals surface area contributed by atoms with Crippen LogP contribution in [-0.4, -0.2) is 45.4 Å². The standard InChI is InChI=1S/C26H34N4O2/c1-19(2)16-29(17-22-12-9-15-28(22)5)25(31)18-30(20(3)4)26(32)27-24-14-8-11-21-10-6-7-13-23(21)24/h6-15,19-20H,16-18H2,1-5H3,(H,27,32). The zero-order valence-corrected chi connectivity index (χ0v) is 19.7. The molecule has 3 amide bonds. The Kier molecular flexibility index (Phi) is 7.57. The Bertz CT molecular complexity index is 1070. The second kappa shape index (κ2) is 10.4. The number of aryl methyl sites for hydroxylation is 1. The molecular weight excluding hydrogens is 400 g/mol. The lowest BCUT2D eigenvalue weighted by Crippen LogP contribution is -2.48. The van der Waals surface area contributed by atoms with Crippen LogP contribution in [0.1, 0.15) is 33.4 Å². The molecule has 0 aliphatic heterocycles. The fourth-order valence-electron chi connectivity index (χ4n) is 3.81. The van der Waals surface area contributed by atoms with Crippen LogP contribution >= 0.6 is 0 Å². The van der Waals surface area contributed by atoms with Gasteiger partial charge >= 0.3 is 6.03 Å². The van der Waals surface area contributed by atoms with Crippen LogP contribution in [0.15, 0.2) is 60.8 Å². The Balaban J connectivity index is 1.76. The molecule has 2 aromatic carbocycles. The van der Waals surface area contributed by atoms with Gasteiger partial charge in [0.15, 0.2) is 0 Å². The Hall–Kier alpha value is -3.28. The van der Waals surface area contributed by atoms with Crippen LogP contribution < -0.4 is 5.32 Å². The number of anilines is 1. The molecular formula is C26H34N4O2. The van der Waals surface area contributed by atoms with E-state index in [2.05, 4.69) is 19.2 Å². The van der Waals surface area contributed by atoms with E-state index >= 15 is 0 Å². The van der Waals surface area contributed by atoms with Gasteiger partial charge in [-0.2, -0.15) is 0 Å². The van der Waals surface area contributed by atoms with Crippen molar-refractivity contribution in [1.29, 1.82) is 0 Å². The predicted octanol–water partition coefficient (Wildman–Crippen LogP) is 5.11. The van der Waals surface area contributed by atoms with Gasteiger partial charge in [0.1, 0.15) is 6.54 Å². The summed E-state index contributed by atoms with van der Waals surface area (Å²) in [5.41, 5.74) is 1.81. The third-order valence-electron chi connectivity index (χ3n) is 5.56. The summed E-state index contributed by atoms with van der Waals surface area (Å²) in [5, 5.41) is 5.05. The number of benzene rings is 2. The van der Waals surface area contributed by atoms with Crippen molar-refractivity contribution in [1.82, 2.24) is 14.4 Å². The first-order chi connectivity index (χ1) is 15.3. The third kappa shape index (κ3) is 5.69. The van der Waals surface area contributed by atoms with E-state index in [0.717, 1.165) is 22.2 Å². The first-order valence-corrected chi connectivity index (χ1v) is 11.2. The molecule has 32 heavy (non-hydrogen) atoms. The molecule has 0 aliphatic rings. The fraction of sp³-hybridized carbons (Fsp3) is 0.385. The molecule has 3 rings (SSSR count). The monoisotopic (exact) mass is 434 g/mol. The number of amides is 3. The molecule has 1 aromatic heterocycles. The van der Waals surface area contributed by atoms with Crippen LogP contribution in [-0.2, 0) is 18.4 Å². The number of aromatic nitrogens is 1. The van der Waals surface area contributed by atoms with Crippen LogP contribution in [0.2, 0.25) is 0 Å². The van der Waals surface area contributed by atoms with Crippen molar-refractivity contribution in [3.63, 3.8) is 0 Å². The number of fused-ring (bicyclic) bond motifs is 1. The molecule has 3 aromatic rings. The molecule has 0 atom stereocenters. The van der Waals surface area contributed by atoms with Crippen LogP contribution in [0.3, 0.4) is 0 Å². The molecule has 6 nitrogen and oxygen atoms in total. The van der Waals surface area contributed by atoms with Crippen LogP contribution in [0.25, 0.3) is 10.8 Å². The smallest absolute Gasteiger partial charge is 0.322 e. The van der Waals surface area contributed by atoms with E-state index < -0.39 is 0 Å². The van der Waals surface area contributed by atoms with Crippen LogP contribution in [0.4, 0.5) is 10.5 Å². The van der Waals surface area contributed by atoms with Gasteiger partial charge in [0.2, 0.25) is 5.91 Å². The molecule has 0 saturated heterocycles. The third-order valence-corrected chi connectivity index (χ3v) is 5.56. The Morgan fingerprint density at radius 2 is 1.69 bits per heavy atom. The van der Waals surface area contributed by atoms with E-state index in [1.54, 1.807) is 4.90 Å². The topological polar surface area (TPSA) is 57.6 Å². The number of rotatable bonds is 8. The van der Waals surface area contributed by atoms with Crippen molar-refractivity contribution in [2.24, 2.45) is 13.0 Å². The molecule has 0 bridgehead atoms. The van der Waals surface area contributed by atoms with Crippen molar-refractivity contribution in [3.05, 3.63) is 66.5 Å². The summed E-state index contributed by atoms with van der Waals surface area (Å²) < 4.78 is 2.02. The number of hydrogen-bond donors (Lipinski definition) is 1. The largest absolute Gasteiger partial charge is 0.353 e. The fourth-order valence-corrected chi connectivity index (χ4v) is 3.81. The normalized spacial score (nSPS) is 11.2. The van der Waals surface area contributed by atoms with Gasteiger partial charge in [-0.25, -0.2) is 4.79 Å². The molecule has 0 saturated carbocycles.